The van der Waals surface area contributed by atoms with Crippen LogP contribution in [0.3, 0.4) is 0 Å². The second-order valence-electron chi connectivity index (χ2n) is 4.56. The van der Waals surface area contributed by atoms with Gasteiger partial charge in [-0.15, -0.1) is 0 Å². The van der Waals surface area contributed by atoms with Crippen molar-refractivity contribution in [1.29, 1.82) is 0 Å². The van der Waals surface area contributed by atoms with Crippen molar-refractivity contribution >= 4 is 5.97 Å². The average Bonchev–Trinajstić information content (AvgIpc) is 2.89. The van der Waals surface area contributed by atoms with E-state index in [1.807, 2.05) is 0 Å². The molecule has 2 N–H and O–H groups in total. The molecule has 1 aromatic heterocycles. The Morgan fingerprint density at radius 1 is 1.37 bits per heavy atom. The van der Waals surface area contributed by atoms with Crippen LogP contribution in [0, 0.1) is 0 Å². The molecule has 1 fully saturated rings. The van der Waals surface area contributed by atoms with Crippen LogP contribution >= 0.6 is 0 Å². The van der Waals surface area contributed by atoms with Crippen LogP contribution in [0.5, 0.6) is 0 Å². The number of nitrogens with one attached hydrogen (secondary N) is 1. The van der Waals surface area contributed by atoms with Crippen LogP contribution in [0.2, 0.25) is 0 Å². The molecule has 1 aliphatic rings. The molecule has 19 heavy (non-hydrogen) atoms. The fourth-order valence-electron chi connectivity index (χ4n) is 2.05. The number of carbonyl (C=O) groups is 1. The summed E-state index contributed by atoms with van der Waals surface area (Å²) in [5.41, 5.74) is 0. The lowest BCUT2D eigenvalue weighted by Crippen LogP contribution is -2.37. The molecule has 1 aromatic rings. The SMILES string of the molecule is O=C(O)c1ccc(CNCCCN2CCOCC2)o1. The third-order valence-corrected chi connectivity index (χ3v) is 3.10. The lowest BCUT2D eigenvalue weighted by molar-refractivity contribution is 0.0374. The summed E-state index contributed by atoms with van der Waals surface area (Å²) in [4.78, 5) is 13.0. The van der Waals surface area contributed by atoms with Gasteiger partial charge in [-0.05, 0) is 31.6 Å². The largest absolute Gasteiger partial charge is 0.475 e. The quantitative estimate of drug-likeness (QED) is 0.712. The van der Waals surface area contributed by atoms with Gasteiger partial charge in [0.1, 0.15) is 5.76 Å². The summed E-state index contributed by atoms with van der Waals surface area (Å²) in [5.74, 6) is -0.382. The third-order valence-electron chi connectivity index (χ3n) is 3.10. The Hall–Kier alpha value is -1.37. The van der Waals surface area contributed by atoms with E-state index < -0.39 is 5.97 Å². The van der Waals surface area contributed by atoms with Gasteiger partial charge >= 0.3 is 5.97 Å². The molecule has 106 valence electrons. The summed E-state index contributed by atoms with van der Waals surface area (Å²) in [5, 5.41) is 12.0. The van der Waals surface area contributed by atoms with Gasteiger partial charge in [-0.3, -0.25) is 4.90 Å². The zero-order chi connectivity index (χ0) is 13.5. The van der Waals surface area contributed by atoms with E-state index in [-0.39, 0.29) is 5.76 Å². The molecule has 0 spiro atoms. The molecule has 0 aromatic carbocycles. The summed E-state index contributed by atoms with van der Waals surface area (Å²) >= 11 is 0. The highest BCUT2D eigenvalue weighted by molar-refractivity contribution is 5.84. The van der Waals surface area contributed by atoms with Gasteiger partial charge in [0.2, 0.25) is 5.76 Å². The third kappa shape index (κ3) is 4.66. The summed E-state index contributed by atoms with van der Waals surface area (Å²) in [6.07, 6.45) is 1.06. The maximum Gasteiger partial charge on any atom is 0.371 e. The molecule has 0 saturated carbocycles. The average molecular weight is 268 g/mol. The highest BCUT2D eigenvalue weighted by Crippen LogP contribution is 2.07. The van der Waals surface area contributed by atoms with Crippen molar-refractivity contribution in [3.05, 3.63) is 23.7 Å². The zero-order valence-corrected chi connectivity index (χ0v) is 10.9. The number of rotatable bonds is 7. The number of aromatic carboxylic acids is 1. The Balaban J connectivity index is 1.57. The van der Waals surface area contributed by atoms with Gasteiger partial charge in [-0.1, -0.05) is 0 Å². The molecular formula is C13H20N2O4. The lowest BCUT2D eigenvalue weighted by atomic mass is 10.3. The highest BCUT2D eigenvalue weighted by atomic mass is 16.5. The topological polar surface area (TPSA) is 74.9 Å². The van der Waals surface area contributed by atoms with Crippen LogP contribution in [-0.4, -0.2) is 55.4 Å². The molecule has 2 heterocycles. The number of furan rings is 1. The molecule has 1 aliphatic heterocycles. The van der Waals surface area contributed by atoms with Gasteiger partial charge in [0.25, 0.3) is 0 Å². The maximum atomic E-state index is 10.6. The van der Waals surface area contributed by atoms with Crippen LogP contribution in [0.4, 0.5) is 0 Å². The zero-order valence-electron chi connectivity index (χ0n) is 10.9. The molecule has 2 rings (SSSR count). The van der Waals surface area contributed by atoms with E-state index in [0.29, 0.717) is 12.3 Å². The van der Waals surface area contributed by atoms with Crippen LogP contribution < -0.4 is 5.32 Å². The second-order valence-corrected chi connectivity index (χ2v) is 4.56. The van der Waals surface area contributed by atoms with Gasteiger partial charge in [-0.25, -0.2) is 4.79 Å². The van der Waals surface area contributed by atoms with Crippen molar-refractivity contribution in [2.75, 3.05) is 39.4 Å². The molecule has 0 radical (unpaired) electrons. The van der Waals surface area contributed by atoms with Gasteiger partial charge in [-0.2, -0.15) is 0 Å². The summed E-state index contributed by atoms with van der Waals surface area (Å²) in [7, 11) is 0. The second kappa shape index (κ2) is 7.28. The minimum atomic E-state index is -1.03. The number of hydrogen-bond acceptors (Lipinski definition) is 5. The summed E-state index contributed by atoms with van der Waals surface area (Å²) < 4.78 is 10.4. The Kier molecular flexibility index (Phi) is 5.38. The maximum absolute atomic E-state index is 10.6. The van der Waals surface area contributed by atoms with Gasteiger partial charge in [0.15, 0.2) is 0 Å². The normalized spacial score (nSPS) is 16.6. The monoisotopic (exact) mass is 268 g/mol. The van der Waals surface area contributed by atoms with Crippen molar-refractivity contribution < 1.29 is 19.1 Å². The first-order valence-corrected chi connectivity index (χ1v) is 6.58. The van der Waals surface area contributed by atoms with Crippen molar-refractivity contribution in [3.8, 4) is 0 Å². The van der Waals surface area contributed by atoms with E-state index in [2.05, 4.69) is 10.2 Å². The Labute approximate surface area is 112 Å². The number of ether oxygens (including phenoxy) is 1. The molecule has 0 unspecified atom stereocenters. The Bertz CT molecular complexity index is 399. The molecule has 1 saturated heterocycles. The van der Waals surface area contributed by atoms with E-state index >= 15 is 0 Å². The highest BCUT2D eigenvalue weighted by Gasteiger charge is 2.10. The van der Waals surface area contributed by atoms with E-state index in [0.717, 1.165) is 45.8 Å². The van der Waals surface area contributed by atoms with E-state index in [1.54, 1.807) is 6.07 Å². The molecule has 6 nitrogen and oxygen atoms in total. The van der Waals surface area contributed by atoms with E-state index in [1.165, 1.54) is 6.07 Å². The smallest absolute Gasteiger partial charge is 0.371 e. The number of morpholine rings is 1. The fourth-order valence-corrected chi connectivity index (χ4v) is 2.05. The molecular weight excluding hydrogens is 248 g/mol. The molecule has 6 heteroatoms. The molecule has 0 aliphatic carbocycles. The Morgan fingerprint density at radius 3 is 2.84 bits per heavy atom. The molecule has 0 atom stereocenters. The first-order valence-electron chi connectivity index (χ1n) is 6.58. The van der Waals surface area contributed by atoms with Crippen molar-refractivity contribution in [3.63, 3.8) is 0 Å². The van der Waals surface area contributed by atoms with Gasteiger partial charge < -0.3 is 19.6 Å². The minimum absolute atomic E-state index is 0.00915. The standard InChI is InChI=1S/C13H20N2O4/c16-13(17)12-3-2-11(19-12)10-14-4-1-5-15-6-8-18-9-7-15/h2-3,14H,1,4-10H2,(H,16,17). The van der Waals surface area contributed by atoms with Gasteiger partial charge in [0, 0.05) is 13.1 Å². The molecule has 0 amide bonds. The van der Waals surface area contributed by atoms with E-state index in [9.17, 15) is 4.79 Å². The predicted molar refractivity (Wildman–Crippen MR) is 69.3 cm³/mol. The van der Waals surface area contributed by atoms with Gasteiger partial charge in [0.05, 0.1) is 19.8 Å². The summed E-state index contributed by atoms with van der Waals surface area (Å²) in [6.45, 7) is 6.21. The van der Waals surface area contributed by atoms with E-state index in [4.69, 9.17) is 14.3 Å². The molecule has 0 bridgehead atoms. The minimum Gasteiger partial charge on any atom is -0.475 e. The first kappa shape index (κ1) is 14.0. The first-order chi connectivity index (χ1) is 9.25. The lowest BCUT2D eigenvalue weighted by Gasteiger charge is -2.26. The fraction of sp³-hybridized carbons (Fsp3) is 0.615. The Morgan fingerprint density at radius 2 is 2.16 bits per heavy atom. The number of carboxylic acids is 1. The van der Waals surface area contributed by atoms with Crippen molar-refractivity contribution in [2.24, 2.45) is 0 Å². The van der Waals surface area contributed by atoms with Crippen LogP contribution in [0.15, 0.2) is 16.5 Å². The van der Waals surface area contributed by atoms with Crippen LogP contribution in [-0.2, 0) is 11.3 Å². The number of nitrogens with zero attached hydrogens (tertiary/aromatic N) is 1. The van der Waals surface area contributed by atoms with Crippen molar-refractivity contribution in [2.45, 2.75) is 13.0 Å². The van der Waals surface area contributed by atoms with Crippen LogP contribution in [0.1, 0.15) is 22.7 Å². The van der Waals surface area contributed by atoms with Crippen LogP contribution in [0.25, 0.3) is 0 Å². The predicted octanol–water partition coefficient (Wildman–Crippen LogP) is 0.790. The number of hydrogen-bond donors (Lipinski definition) is 2. The van der Waals surface area contributed by atoms with Crippen molar-refractivity contribution in [1.82, 2.24) is 10.2 Å². The number of carboxylic acid groups (broad SMARTS) is 1. The summed E-state index contributed by atoms with van der Waals surface area (Å²) in [6, 6.07) is 3.17.